The highest BCUT2D eigenvalue weighted by Crippen LogP contribution is 2.43. The van der Waals surface area contributed by atoms with E-state index in [1.54, 1.807) is 0 Å². The summed E-state index contributed by atoms with van der Waals surface area (Å²) in [7, 11) is 0. The lowest BCUT2D eigenvalue weighted by Crippen LogP contribution is -2.09. The van der Waals surface area contributed by atoms with Gasteiger partial charge in [-0.25, -0.2) is 0 Å². The predicted molar refractivity (Wildman–Crippen MR) is 228 cm³/mol. The summed E-state index contributed by atoms with van der Waals surface area (Å²) in [5.41, 5.74) is 14.6. The number of fused-ring (bicyclic) bond motifs is 5. The molecule has 0 radical (unpaired) electrons. The summed E-state index contributed by atoms with van der Waals surface area (Å²) in [6.45, 7) is 0. The van der Waals surface area contributed by atoms with Crippen LogP contribution in [0.2, 0.25) is 0 Å². The fraction of sp³-hybridized carbons (Fsp3) is 0. The molecule has 1 aromatic heterocycles. The predicted octanol–water partition coefficient (Wildman–Crippen LogP) is 14.9. The molecule has 0 aliphatic heterocycles. The third-order valence-corrected chi connectivity index (χ3v) is 10.5. The molecular formula is C52H35NO. The summed E-state index contributed by atoms with van der Waals surface area (Å²) < 4.78 is 6.47. The highest BCUT2D eigenvalue weighted by Gasteiger charge is 2.17. The van der Waals surface area contributed by atoms with E-state index in [1.165, 1.54) is 38.6 Å². The Labute approximate surface area is 314 Å². The van der Waals surface area contributed by atoms with Crippen molar-refractivity contribution in [2.45, 2.75) is 0 Å². The Morgan fingerprint density at radius 1 is 0.278 bits per heavy atom. The van der Waals surface area contributed by atoms with Crippen LogP contribution < -0.4 is 4.90 Å². The molecule has 0 amide bonds. The van der Waals surface area contributed by atoms with Crippen molar-refractivity contribution in [2.24, 2.45) is 0 Å². The van der Waals surface area contributed by atoms with E-state index in [4.69, 9.17) is 4.42 Å². The largest absolute Gasteiger partial charge is 0.456 e. The number of hydrogen-bond donors (Lipinski definition) is 0. The topological polar surface area (TPSA) is 16.4 Å². The maximum atomic E-state index is 6.47. The molecule has 0 spiro atoms. The Balaban J connectivity index is 1.08. The van der Waals surface area contributed by atoms with Crippen molar-refractivity contribution < 1.29 is 4.42 Å². The molecule has 9 aromatic carbocycles. The van der Waals surface area contributed by atoms with Gasteiger partial charge in [0.2, 0.25) is 0 Å². The Bertz CT molecular complexity index is 2890. The summed E-state index contributed by atoms with van der Waals surface area (Å²) >= 11 is 0. The Kier molecular flexibility index (Phi) is 7.85. The zero-order chi connectivity index (χ0) is 35.8. The minimum Gasteiger partial charge on any atom is -0.456 e. The van der Waals surface area contributed by atoms with Crippen LogP contribution in [0.3, 0.4) is 0 Å². The van der Waals surface area contributed by atoms with Crippen molar-refractivity contribution in [3.05, 3.63) is 212 Å². The van der Waals surface area contributed by atoms with Crippen LogP contribution in [-0.2, 0) is 0 Å². The number of hydrogen-bond acceptors (Lipinski definition) is 2. The molecule has 0 saturated carbocycles. The molecular weight excluding hydrogens is 655 g/mol. The van der Waals surface area contributed by atoms with Gasteiger partial charge in [-0.15, -0.1) is 0 Å². The van der Waals surface area contributed by atoms with E-state index in [0.717, 1.165) is 55.7 Å². The first-order chi connectivity index (χ1) is 26.8. The third kappa shape index (κ3) is 5.71. The van der Waals surface area contributed by atoms with Gasteiger partial charge in [0.25, 0.3) is 0 Å². The number of para-hydroxylation sites is 2. The molecule has 254 valence electrons. The van der Waals surface area contributed by atoms with Crippen molar-refractivity contribution in [1.82, 2.24) is 0 Å². The lowest BCUT2D eigenvalue weighted by molar-refractivity contribution is 0.669. The first-order valence-electron chi connectivity index (χ1n) is 18.4. The lowest BCUT2D eigenvalue weighted by atomic mass is 9.91. The van der Waals surface area contributed by atoms with Crippen molar-refractivity contribution in [1.29, 1.82) is 0 Å². The number of benzene rings is 9. The second kappa shape index (κ2) is 13.4. The van der Waals surface area contributed by atoms with Crippen molar-refractivity contribution in [2.75, 3.05) is 4.90 Å². The quantitative estimate of drug-likeness (QED) is 0.166. The molecule has 0 saturated heterocycles. The second-order valence-corrected chi connectivity index (χ2v) is 13.7. The molecule has 10 rings (SSSR count). The molecule has 0 atom stereocenters. The molecule has 10 aromatic rings. The van der Waals surface area contributed by atoms with Crippen molar-refractivity contribution in [3.63, 3.8) is 0 Å². The smallest absolute Gasteiger partial charge is 0.136 e. The third-order valence-electron chi connectivity index (χ3n) is 10.5. The molecule has 2 nitrogen and oxygen atoms in total. The summed E-state index contributed by atoms with van der Waals surface area (Å²) in [6.07, 6.45) is 0. The van der Waals surface area contributed by atoms with E-state index in [-0.39, 0.29) is 0 Å². The highest BCUT2D eigenvalue weighted by molar-refractivity contribution is 6.22. The molecule has 0 N–H and O–H groups in total. The number of anilines is 3. The summed E-state index contributed by atoms with van der Waals surface area (Å²) in [5.74, 6) is 0. The fourth-order valence-electron chi connectivity index (χ4n) is 7.81. The van der Waals surface area contributed by atoms with Gasteiger partial charge in [0.1, 0.15) is 11.2 Å². The van der Waals surface area contributed by atoms with Gasteiger partial charge in [0, 0.05) is 27.8 Å². The Morgan fingerprint density at radius 2 is 0.778 bits per heavy atom. The van der Waals surface area contributed by atoms with E-state index >= 15 is 0 Å². The minimum atomic E-state index is 0.903. The zero-order valence-electron chi connectivity index (χ0n) is 29.6. The average molecular weight is 690 g/mol. The van der Waals surface area contributed by atoms with E-state index in [9.17, 15) is 0 Å². The summed E-state index contributed by atoms with van der Waals surface area (Å²) in [4.78, 5) is 2.33. The summed E-state index contributed by atoms with van der Waals surface area (Å²) in [5, 5.41) is 4.68. The first kappa shape index (κ1) is 31.6. The van der Waals surface area contributed by atoms with Gasteiger partial charge in [-0.1, -0.05) is 158 Å². The monoisotopic (exact) mass is 689 g/mol. The van der Waals surface area contributed by atoms with Gasteiger partial charge in [0.05, 0.1) is 0 Å². The molecule has 0 unspecified atom stereocenters. The summed E-state index contributed by atoms with van der Waals surface area (Å²) in [6, 6.07) is 75.8. The molecule has 0 bridgehead atoms. The zero-order valence-corrected chi connectivity index (χ0v) is 29.6. The van der Waals surface area contributed by atoms with E-state index in [0.29, 0.717) is 0 Å². The standard InChI is InChI=1S/C52H35NO/c1-4-13-36(14-5-1)38-23-25-40(26-24-38)48-35-51-52(47-21-10-11-22-50(47)54-51)46-32-29-42(34-49(46)48)39-27-30-44(31-28-39)53(43-18-8-3-9-19-43)45-20-12-17-41(33-45)37-15-6-2-7-16-37/h1-35H. The van der Waals surface area contributed by atoms with Crippen LogP contribution in [0.25, 0.3) is 77.2 Å². The minimum absolute atomic E-state index is 0.903. The van der Waals surface area contributed by atoms with Crippen LogP contribution in [0.1, 0.15) is 0 Å². The van der Waals surface area contributed by atoms with Crippen LogP contribution in [0, 0.1) is 0 Å². The van der Waals surface area contributed by atoms with Gasteiger partial charge in [-0.3, -0.25) is 0 Å². The Morgan fingerprint density at radius 3 is 1.52 bits per heavy atom. The van der Waals surface area contributed by atoms with E-state index in [1.807, 2.05) is 6.07 Å². The molecule has 2 heteroatoms. The van der Waals surface area contributed by atoms with Crippen LogP contribution in [0.4, 0.5) is 17.1 Å². The number of nitrogens with zero attached hydrogens (tertiary/aromatic N) is 1. The van der Waals surface area contributed by atoms with Gasteiger partial charge < -0.3 is 9.32 Å². The first-order valence-corrected chi connectivity index (χ1v) is 18.4. The van der Waals surface area contributed by atoms with Gasteiger partial charge in [-0.2, -0.15) is 0 Å². The maximum Gasteiger partial charge on any atom is 0.136 e. The second-order valence-electron chi connectivity index (χ2n) is 13.7. The Hall–Kier alpha value is -7.16. The van der Waals surface area contributed by atoms with Gasteiger partial charge in [-0.05, 0) is 110 Å². The van der Waals surface area contributed by atoms with Gasteiger partial charge in [0.15, 0.2) is 0 Å². The van der Waals surface area contributed by atoms with Crippen LogP contribution >= 0.6 is 0 Å². The van der Waals surface area contributed by atoms with Gasteiger partial charge >= 0.3 is 0 Å². The number of furan rings is 1. The number of rotatable bonds is 7. The molecule has 1 heterocycles. The molecule has 0 aliphatic rings. The van der Waals surface area contributed by atoms with E-state index < -0.39 is 0 Å². The lowest BCUT2D eigenvalue weighted by Gasteiger charge is -2.26. The fourth-order valence-corrected chi connectivity index (χ4v) is 7.81. The SMILES string of the molecule is c1ccc(-c2ccc(-c3cc4oc5ccccc5c4c4ccc(-c5ccc(N(c6ccccc6)c6cccc(-c7ccccc7)c6)cc5)cc34)cc2)cc1. The normalized spacial score (nSPS) is 11.3. The van der Waals surface area contributed by atoms with Crippen molar-refractivity contribution in [3.8, 4) is 44.5 Å². The van der Waals surface area contributed by atoms with Crippen molar-refractivity contribution >= 4 is 49.8 Å². The molecule has 54 heavy (non-hydrogen) atoms. The highest BCUT2D eigenvalue weighted by atomic mass is 16.3. The maximum absolute atomic E-state index is 6.47. The molecule has 0 fully saturated rings. The van der Waals surface area contributed by atoms with E-state index in [2.05, 4.69) is 211 Å². The molecule has 0 aliphatic carbocycles. The van der Waals surface area contributed by atoms with Crippen LogP contribution in [0.5, 0.6) is 0 Å². The van der Waals surface area contributed by atoms with Crippen LogP contribution in [0.15, 0.2) is 217 Å². The van der Waals surface area contributed by atoms with Crippen LogP contribution in [-0.4, -0.2) is 0 Å². The average Bonchev–Trinajstić information content (AvgIpc) is 3.64.